The number of hydrogen-bond acceptors (Lipinski definition) is 9. The largest absolute Gasteiger partial charge is 0.487 e. The first kappa shape index (κ1) is 27.0. The second-order valence-corrected chi connectivity index (χ2v) is 8.37. The van der Waals surface area contributed by atoms with E-state index in [4.69, 9.17) is 23.7 Å². The summed E-state index contributed by atoms with van der Waals surface area (Å²) >= 11 is 1.00. The lowest BCUT2D eigenvalue weighted by atomic mass is 10.0. The molecule has 10 nitrogen and oxygen atoms in total. The van der Waals surface area contributed by atoms with Gasteiger partial charge in [0.05, 0.1) is 39.6 Å². The van der Waals surface area contributed by atoms with Crippen LogP contribution in [-0.2, 0) is 23.8 Å². The van der Waals surface area contributed by atoms with Gasteiger partial charge in [-0.25, -0.2) is 5.01 Å². The molecular weight excluding hydrogens is 495 g/mol. The van der Waals surface area contributed by atoms with Crippen molar-refractivity contribution in [1.29, 1.82) is 0 Å². The van der Waals surface area contributed by atoms with Crippen LogP contribution < -0.4 is 14.8 Å². The summed E-state index contributed by atoms with van der Waals surface area (Å²) in [4.78, 5) is 25.0. The van der Waals surface area contributed by atoms with Gasteiger partial charge in [0.2, 0.25) is 0 Å². The number of ether oxygens (including phenoxy) is 5. The molecule has 2 aliphatic heterocycles. The van der Waals surface area contributed by atoms with Crippen LogP contribution in [0.15, 0.2) is 23.3 Å². The van der Waals surface area contributed by atoms with Crippen LogP contribution in [0.3, 0.4) is 0 Å². The molecule has 1 N–H and O–H groups in total. The third kappa shape index (κ3) is 7.72. The summed E-state index contributed by atoms with van der Waals surface area (Å²) in [6, 6.07) is 2.53. The van der Waals surface area contributed by atoms with Gasteiger partial charge in [0.15, 0.2) is 22.7 Å². The molecule has 0 spiro atoms. The first-order valence-electron chi connectivity index (χ1n) is 10.9. The van der Waals surface area contributed by atoms with Crippen LogP contribution in [0.5, 0.6) is 11.5 Å². The lowest BCUT2D eigenvalue weighted by Crippen LogP contribution is -2.51. The molecule has 0 aromatic heterocycles. The Morgan fingerprint density at radius 2 is 1.60 bits per heavy atom. The fraction of sp³-hybridized carbons (Fsp3) is 0.571. The summed E-state index contributed by atoms with van der Waals surface area (Å²) in [7, 11) is 0. The molecule has 0 radical (unpaired) electrons. The lowest BCUT2D eigenvalue weighted by Gasteiger charge is -2.32. The van der Waals surface area contributed by atoms with Gasteiger partial charge in [0, 0.05) is 0 Å². The monoisotopic (exact) mass is 521 g/mol. The van der Waals surface area contributed by atoms with Gasteiger partial charge in [-0.05, 0) is 23.4 Å². The van der Waals surface area contributed by atoms with E-state index in [0.29, 0.717) is 37.9 Å². The highest BCUT2D eigenvalue weighted by Gasteiger charge is 2.49. The van der Waals surface area contributed by atoms with Crippen molar-refractivity contribution >= 4 is 28.7 Å². The van der Waals surface area contributed by atoms with E-state index in [-0.39, 0.29) is 47.9 Å². The smallest absolute Gasteiger partial charge is 0.473 e. The Balaban J connectivity index is 1.89. The maximum absolute atomic E-state index is 13.3. The number of hydrazone groups is 1. The second-order valence-electron chi connectivity index (χ2n) is 7.12. The predicted octanol–water partition coefficient (Wildman–Crippen LogP) is 2.09. The summed E-state index contributed by atoms with van der Waals surface area (Å²) in [6.45, 7) is 4.03. The average molecular weight is 522 g/mol. The van der Waals surface area contributed by atoms with Gasteiger partial charge in [-0.1, -0.05) is 24.8 Å². The van der Waals surface area contributed by atoms with E-state index in [1.54, 1.807) is 6.92 Å². The number of rotatable bonds is 2. The van der Waals surface area contributed by atoms with Crippen LogP contribution in [0.2, 0.25) is 0 Å². The SMILES string of the molecule is CCSC1=NN(C(=O)C(F)(F)F)C(c2ccc3c(c2)OCCOCCOCCOCCO3)C(=O)N1. The zero-order chi connectivity index (χ0) is 25.3. The minimum atomic E-state index is -5.23. The molecule has 0 aliphatic carbocycles. The number of nitrogens with zero attached hydrogens (tertiary/aromatic N) is 2. The number of hydrogen-bond donors (Lipinski definition) is 1. The van der Waals surface area contributed by atoms with Crippen LogP contribution in [0.25, 0.3) is 0 Å². The molecule has 14 heteroatoms. The van der Waals surface area contributed by atoms with Crippen molar-refractivity contribution in [3.8, 4) is 11.5 Å². The number of benzene rings is 1. The van der Waals surface area contributed by atoms with Crippen molar-refractivity contribution in [1.82, 2.24) is 10.3 Å². The van der Waals surface area contributed by atoms with E-state index in [1.807, 2.05) is 0 Å². The van der Waals surface area contributed by atoms with Crippen molar-refractivity contribution < 1.29 is 46.4 Å². The average Bonchev–Trinajstić information content (AvgIpc) is 2.82. The quantitative estimate of drug-likeness (QED) is 0.631. The van der Waals surface area contributed by atoms with Gasteiger partial charge in [-0.2, -0.15) is 13.2 Å². The molecule has 35 heavy (non-hydrogen) atoms. The Kier molecular flexibility index (Phi) is 10.0. The van der Waals surface area contributed by atoms with E-state index in [1.165, 1.54) is 18.2 Å². The van der Waals surface area contributed by atoms with Crippen molar-refractivity contribution in [2.75, 3.05) is 58.6 Å². The number of carbonyl (C=O) groups is 2. The van der Waals surface area contributed by atoms with Gasteiger partial charge in [0.25, 0.3) is 5.91 Å². The van der Waals surface area contributed by atoms with E-state index in [2.05, 4.69) is 10.4 Å². The molecule has 1 aromatic carbocycles. The molecule has 1 unspecified atom stereocenters. The lowest BCUT2D eigenvalue weighted by molar-refractivity contribution is -0.189. The maximum Gasteiger partial charge on any atom is 0.473 e. The maximum atomic E-state index is 13.3. The topological polar surface area (TPSA) is 108 Å². The van der Waals surface area contributed by atoms with Crippen LogP contribution in [-0.4, -0.2) is 86.8 Å². The highest BCUT2D eigenvalue weighted by atomic mass is 32.2. The molecule has 3 rings (SSSR count). The van der Waals surface area contributed by atoms with Gasteiger partial charge in [-0.3, -0.25) is 9.59 Å². The van der Waals surface area contributed by atoms with Crippen LogP contribution in [0, 0.1) is 0 Å². The highest BCUT2D eigenvalue weighted by Crippen LogP contribution is 2.36. The molecule has 1 atom stereocenters. The molecule has 0 saturated heterocycles. The number of fused-ring (bicyclic) bond motifs is 1. The molecule has 0 fully saturated rings. The van der Waals surface area contributed by atoms with E-state index < -0.39 is 24.0 Å². The second kappa shape index (κ2) is 13.0. The fourth-order valence-corrected chi connectivity index (χ4v) is 3.73. The van der Waals surface area contributed by atoms with E-state index in [9.17, 15) is 22.8 Å². The molecule has 0 saturated carbocycles. The Labute approximate surface area is 204 Å². The third-order valence-corrected chi connectivity index (χ3v) is 5.40. The zero-order valence-corrected chi connectivity index (χ0v) is 19.8. The molecule has 0 bridgehead atoms. The normalized spacial score (nSPS) is 20.8. The fourth-order valence-electron chi connectivity index (χ4n) is 3.14. The van der Waals surface area contributed by atoms with Crippen molar-refractivity contribution in [2.45, 2.75) is 19.1 Å². The zero-order valence-electron chi connectivity index (χ0n) is 19.0. The van der Waals surface area contributed by atoms with Gasteiger partial charge in [-0.15, -0.1) is 5.10 Å². The summed E-state index contributed by atoms with van der Waals surface area (Å²) in [5, 5.41) is 6.27. The number of amides is 2. The number of nitrogens with one attached hydrogen (secondary N) is 1. The number of thioether (sulfide) groups is 1. The summed E-state index contributed by atoms with van der Waals surface area (Å²) < 4.78 is 67.5. The number of amidine groups is 1. The summed E-state index contributed by atoms with van der Waals surface area (Å²) in [6.07, 6.45) is -5.23. The predicted molar refractivity (Wildman–Crippen MR) is 119 cm³/mol. The number of halogens is 3. The Morgan fingerprint density at radius 3 is 2.17 bits per heavy atom. The molecule has 2 amide bonds. The van der Waals surface area contributed by atoms with Crippen LogP contribution >= 0.6 is 11.8 Å². The van der Waals surface area contributed by atoms with Gasteiger partial charge >= 0.3 is 12.1 Å². The standard InChI is InChI=1S/C21H26F3N3O7S/c1-2-35-20-25-18(28)17(27(26-20)19(29)21(22,23)24)14-3-4-15-16(13-14)34-12-10-32-8-6-30-5-7-31-9-11-33-15/h3-4,13,17H,2,5-12H2,1H3,(H,25,26,28). The van der Waals surface area contributed by atoms with Gasteiger partial charge < -0.3 is 29.0 Å². The Morgan fingerprint density at radius 1 is 1.03 bits per heavy atom. The van der Waals surface area contributed by atoms with Crippen LogP contribution in [0.1, 0.15) is 18.5 Å². The minimum Gasteiger partial charge on any atom is -0.487 e. The molecule has 1 aromatic rings. The minimum absolute atomic E-state index is 0.0650. The highest BCUT2D eigenvalue weighted by molar-refractivity contribution is 8.13. The van der Waals surface area contributed by atoms with Crippen molar-refractivity contribution in [3.05, 3.63) is 23.8 Å². The third-order valence-electron chi connectivity index (χ3n) is 4.65. The first-order valence-corrected chi connectivity index (χ1v) is 11.8. The van der Waals surface area contributed by atoms with E-state index >= 15 is 0 Å². The van der Waals surface area contributed by atoms with Crippen molar-refractivity contribution in [2.24, 2.45) is 5.10 Å². The molecule has 2 aliphatic rings. The van der Waals surface area contributed by atoms with Crippen LogP contribution in [0.4, 0.5) is 13.2 Å². The van der Waals surface area contributed by atoms with Crippen molar-refractivity contribution in [3.63, 3.8) is 0 Å². The van der Waals surface area contributed by atoms with Gasteiger partial charge in [0.1, 0.15) is 13.2 Å². The molecular formula is C21H26F3N3O7S. The Hall–Kier alpha value is -2.55. The molecule has 194 valence electrons. The number of carbonyl (C=O) groups excluding carboxylic acids is 2. The Bertz CT molecular complexity index is 917. The summed E-state index contributed by atoms with van der Waals surface area (Å²) in [5.41, 5.74) is 0.0650. The summed E-state index contributed by atoms with van der Waals surface area (Å²) in [5.74, 6) is -2.20. The van der Waals surface area contributed by atoms with E-state index in [0.717, 1.165) is 11.8 Å². The number of alkyl halides is 3. The molecule has 2 heterocycles. The first-order chi connectivity index (χ1) is 16.8.